The van der Waals surface area contributed by atoms with Crippen molar-refractivity contribution in [2.24, 2.45) is 4.99 Å². The van der Waals surface area contributed by atoms with Gasteiger partial charge in [0.2, 0.25) is 5.91 Å². The Bertz CT molecular complexity index is 590. The minimum Gasteiger partial charge on any atom is -0.497 e. The number of carbonyl (C=O) groups excluding carboxylic acids is 1. The van der Waals surface area contributed by atoms with Crippen molar-refractivity contribution in [1.82, 2.24) is 15.5 Å². The van der Waals surface area contributed by atoms with E-state index in [4.69, 9.17) is 9.47 Å². The third-order valence-electron chi connectivity index (χ3n) is 3.80. The number of methoxy groups -OCH3 is 1. The highest BCUT2D eigenvalue weighted by atomic mass is 16.5. The highest BCUT2D eigenvalue weighted by Gasteiger charge is 2.10. The van der Waals surface area contributed by atoms with E-state index in [1.807, 2.05) is 31.2 Å². The lowest BCUT2D eigenvalue weighted by Crippen LogP contribution is -2.45. The maximum Gasteiger partial charge on any atom is 0.243 e. The molecular formula is C19H32N4O3. The van der Waals surface area contributed by atoms with Crippen LogP contribution in [0.5, 0.6) is 11.5 Å². The van der Waals surface area contributed by atoms with E-state index in [9.17, 15) is 4.79 Å². The van der Waals surface area contributed by atoms with E-state index in [-0.39, 0.29) is 24.6 Å². The molecule has 7 nitrogen and oxygen atoms in total. The summed E-state index contributed by atoms with van der Waals surface area (Å²) < 4.78 is 11.1. The molecule has 1 aromatic rings. The molecule has 7 heteroatoms. The van der Waals surface area contributed by atoms with Gasteiger partial charge in [0.25, 0.3) is 0 Å². The number of guanidine groups is 1. The summed E-state index contributed by atoms with van der Waals surface area (Å²) in [6, 6.07) is 7.75. The Morgan fingerprint density at radius 2 is 1.96 bits per heavy atom. The number of aliphatic imine (C=N–C) groups is 1. The predicted molar refractivity (Wildman–Crippen MR) is 105 cm³/mol. The Hall–Kier alpha value is -2.44. The van der Waals surface area contributed by atoms with Crippen LogP contribution in [0, 0.1) is 0 Å². The summed E-state index contributed by atoms with van der Waals surface area (Å²) >= 11 is 0. The van der Waals surface area contributed by atoms with Gasteiger partial charge in [-0.1, -0.05) is 13.0 Å². The van der Waals surface area contributed by atoms with Crippen LogP contribution in [0.15, 0.2) is 29.3 Å². The molecule has 1 amide bonds. The van der Waals surface area contributed by atoms with Crippen LogP contribution in [0.25, 0.3) is 0 Å². The zero-order valence-electron chi connectivity index (χ0n) is 16.7. The van der Waals surface area contributed by atoms with Gasteiger partial charge in [0, 0.05) is 26.2 Å². The second kappa shape index (κ2) is 11.2. The van der Waals surface area contributed by atoms with Crippen molar-refractivity contribution in [1.29, 1.82) is 0 Å². The molecule has 0 spiro atoms. The van der Waals surface area contributed by atoms with E-state index < -0.39 is 0 Å². The van der Waals surface area contributed by atoms with Crippen LogP contribution in [0.4, 0.5) is 0 Å². The topological polar surface area (TPSA) is 75.2 Å². The zero-order valence-corrected chi connectivity index (χ0v) is 16.7. The summed E-state index contributed by atoms with van der Waals surface area (Å²) in [7, 11) is 5.07. The Morgan fingerprint density at radius 1 is 1.27 bits per heavy atom. The maximum absolute atomic E-state index is 11.8. The Kier molecular flexibility index (Phi) is 9.33. The molecule has 0 bridgehead atoms. The van der Waals surface area contributed by atoms with Gasteiger partial charge in [0.1, 0.15) is 24.1 Å². The number of likely N-dealkylation sites (N-methyl/N-ethyl adjacent to an activating group) is 1. The number of hydrogen-bond donors (Lipinski definition) is 2. The summed E-state index contributed by atoms with van der Waals surface area (Å²) in [6.07, 6.45) is 0.869. The van der Waals surface area contributed by atoms with Gasteiger partial charge in [0.05, 0.1) is 13.7 Å². The minimum absolute atomic E-state index is 0.0454. The number of nitrogens with zero attached hydrogens (tertiary/aromatic N) is 2. The van der Waals surface area contributed by atoms with Gasteiger partial charge in [-0.25, -0.2) is 4.99 Å². The third-order valence-corrected chi connectivity index (χ3v) is 3.80. The van der Waals surface area contributed by atoms with Crippen LogP contribution in [0.3, 0.4) is 0 Å². The van der Waals surface area contributed by atoms with E-state index in [0.29, 0.717) is 12.5 Å². The summed E-state index contributed by atoms with van der Waals surface area (Å²) in [5, 5.41) is 6.53. The number of rotatable bonds is 9. The van der Waals surface area contributed by atoms with E-state index in [0.717, 1.165) is 17.9 Å². The summed E-state index contributed by atoms with van der Waals surface area (Å²) in [5.41, 5.74) is 0. The van der Waals surface area contributed by atoms with Gasteiger partial charge < -0.3 is 25.0 Å². The molecule has 0 aliphatic heterocycles. The highest BCUT2D eigenvalue weighted by molar-refractivity contribution is 5.84. The van der Waals surface area contributed by atoms with Crippen molar-refractivity contribution >= 4 is 11.9 Å². The maximum atomic E-state index is 11.8. The fourth-order valence-electron chi connectivity index (χ4n) is 1.97. The average Bonchev–Trinajstić information content (AvgIpc) is 2.63. The monoisotopic (exact) mass is 364 g/mol. The van der Waals surface area contributed by atoms with Crippen LogP contribution >= 0.6 is 0 Å². The van der Waals surface area contributed by atoms with Crippen LogP contribution < -0.4 is 20.1 Å². The van der Waals surface area contributed by atoms with Crippen LogP contribution in [0.2, 0.25) is 0 Å². The molecule has 2 unspecified atom stereocenters. The number of carbonyl (C=O) groups is 1. The third kappa shape index (κ3) is 8.09. The molecule has 0 saturated carbocycles. The van der Waals surface area contributed by atoms with Crippen molar-refractivity contribution in [3.05, 3.63) is 24.3 Å². The van der Waals surface area contributed by atoms with Crippen molar-refractivity contribution < 1.29 is 14.3 Å². The largest absolute Gasteiger partial charge is 0.497 e. The minimum atomic E-state index is -0.0874. The molecule has 0 heterocycles. The van der Waals surface area contributed by atoms with Gasteiger partial charge in [-0.15, -0.1) is 0 Å². The SMILES string of the molecule is CCC(C)NC(=NCC(=O)N(C)C)NCC(C)Oc1cccc(OC)c1. The molecule has 1 aromatic carbocycles. The molecular weight excluding hydrogens is 332 g/mol. The van der Waals surface area contributed by atoms with Crippen LogP contribution in [-0.2, 0) is 4.79 Å². The Balaban J connectivity index is 2.62. The molecule has 0 aliphatic carbocycles. The first kappa shape index (κ1) is 21.6. The molecule has 0 saturated heterocycles. The summed E-state index contributed by atoms with van der Waals surface area (Å²) in [6.45, 7) is 6.79. The number of ether oxygens (including phenoxy) is 2. The quantitative estimate of drug-likeness (QED) is 0.517. The summed E-state index contributed by atoms with van der Waals surface area (Å²) in [5.74, 6) is 2.06. The van der Waals surface area contributed by atoms with E-state index >= 15 is 0 Å². The second-order valence-electron chi connectivity index (χ2n) is 6.39. The number of hydrogen-bond acceptors (Lipinski definition) is 4. The van der Waals surface area contributed by atoms with Gasteiger partial charge in [-0.05, 0) is 32.4 Å². The van der Waals surface area contributed by atoms with E-state index in [1.165, 1.54) is 4.90 Å². The molecule has 0 fully saturated rings. The fourth-order valence-corrected chi connectivity index (χ4v) is 1.97. The molecule has 146 valence electrons. The lowest BCUT2D eigenvalue weighted by atomic mass is 10.3. The predicted octanol–water partition coefficient (Wildman–Crippen LogP) is 1.88. The van der Waals surface area contributed by atoms with Crippen molar-refractivity contribution in [2.45, 2.75) is 39.3 Å². The highest BCUT2D eigenvalue weighted by Crippen LogP contribution is 2.19. The van der Waals surface area contributed by atoms with E-state index in [2.05, 4.69) is 29.5 Å². The fraction of sp³-hybridized carbons (Fsp3) is 0.579. The molecule has 1 rings (SSSR count). The van der Waals surface area contributed by atoms with Gasteiger partial charge >= 0.3 is 0 Å². The second-order valence-corrected chi connectivity index (χ2v) is 6.39. The number of benzene rings is 1. The Morgan fingerprint density at radius 3 is 2.58 bits per heavy atom. The summed E-state index contributed by atoms with van der Waals surface area (Å²) in [4.78, 5) is 17.7. The number of amides is 1. The van der Waals surface area contributed by atoms with Gasteiger partial charge in [0.15, 0.2) is 5.96 Å². The van der Waals surface area contributed by atoms with Gasteiger partial charge in [-0.2, -0.15) is 0 Å². The van der Waals surface area contributed by atoms with Crippen molar-refractivity contribution in [3.8, 4) is 11.5 Å². The first-order valence-electron chi connectivity index (χ1n) is 8.91. The van der Waals surface area contributed by atoms with Gasteiger partial charge in [-0.3, -0.25) is 4.79 Å². The number of nitrogens with one attached hydrogen (secondary N) is 2. The smallest absolute Gasteiger partial charge is 0.243 e. The Labute approximate surface area is 156 Å². The average molecular weight is 364 g/mol. The molecule has 26 heavy (non-hydrogen) atoms. The van der Waals surface area contributed by atoms with Crippen molar-refractivity contribution in [2.75, 3.05) is 34.3 Å². The molecule has 2 N–H and O–H groups in total. The molecule has 0 aromatic heterocycles. The first-order chi connectivity index (χ1) is 12.3. The molecule has 2 atom stereocenters. The zero-order chi connectivity index (χ0) is 19.5. The van der Waals surface area contributed by atoms with E-state index in [1.54, 1.807) is 21.2 Å². The van der Waals surface area contributed by atoms with Crippen molar-refractivity contribution in [3.63, 3.8) is 0 Å². The van der Waals surface area contributed by atoms with Crippen LogP contribution in [0.1, 0.15) is 27.2 Å². The van der Waals surface area contributed by atoms with Crippen LogP contribution in [-0.4, -0.2) is 63.2 Å². The standard InChI is InChI=1S/C19H32N4O3/c1-7-14(2)22-19(21-13-18(24)23(4)5)20-12-15(3)26-17-10-8-9-16(11-17)25-6/h8-11,14-15H,7,12-13H2,1-6H3,(H2,20,21,22). The normalized spacial score (nSPS) is 13.5. The lowest BCUT2D eigenvalue weighted by Gasteiger charge is -2.20. The molecule has 0 radical (unpaired) electrons. The first-order valence-corrected chi connectivity index (χ1v) is 8.91. The lowest BCUT2D eigenvalue weighted by molar-refractivity contribution is -0.127. The molecule has 0 aliphatic rings.